The summed E-state index contributed by atoms with van der Waals surface area (Å²) in [4.78, 5) is 0. The highest BCUT2D eigenvalue weighted by Crippen LogP contribution is 2.33. The van der Waals surface area contributed by atoms with Crippen molar-refractivity contribution in [3.05, 3.63) is 95.3 Å². The summed E-state index contributed by atoms with van der Waals surface area (Å²) in [7, 11) is 0. The Morgan fingerprint density at radius 2 is 1.81 bits per heavy atom. The van der Waals surface area contributed by atoms with Gasteiger partial charge in [0.1, 0.15) is 12.0 Å². The highest BCUT2D eigenvalue weighted by molar-refractivity contribution is 5.92. The van der Waals surface area contributed by atoms with Crippen molar-refractivity contribution in [2.75, 3.05) is 17.2 Å². The zero-order valence-corrected chi connectivity index (χ0v) is 17.9. The van der Waals surface area contributed by atoms with E-state index in [1.165, 1.54) is 18.1 Å². The standard InChI is InChI=1S/C27H30FN3/c1-2-19(16-20-8-4-3-5-9-20)14-15-30-22-13-12-21-17-24(27(29)31-26(21)18-22)23-10-6-7-11-25(23)28/h3-13,17-19,27,30-31H,2,14-16,29H2,1H3. The lowest BCUT2D eigenvalue weighted by molar-refractivity contribution is 0.481. The van der Waals surface area contributed by atoms with Crippen LogP contribution < -0.4 is 16.4 Å². The molecule has 3 nitrogen and oxygen atoms in total. The number of anilines is 2. The zero-order chi connectivity index (χ0) is 21.6. The molecule has 0 spiro atoms. The molecule has 4 rings (SSSR count). The number of nitrogens with two attached hydrogens (primary N) is 1. The summed E-state index contributed by atoms with van der Waals surface area (Å²) in [6.45, 7) is 3.18. The van der Waals surface area contributed by atoms with Crippen LogP contribution in [0.25, 0.3) is 11.6 Å². The second-order valence-corrected chi connectivity index (χ2v) is 8.18. The number of halogens is 1. The first-order valence-corrected chi connectivity index (χ1v) is 11.0. The maximum Gasteiger partial charge on any atom is 0.130 e. The Kier molecular flexibility index (Phi) is 6.68. The fraction of sp³-hybridized carbons (Fsp3) is 0.259. The molecule has 2 unspecified atom stereocenters. The van der Waals surface area contributed by atoms with E-state index in [1.54, 1.807) is 12.1 Å². The van der Waals surface area contributed by atoms with Gasteiger partial charge in [0.2, 0.25) is 0 Å². The second-order valence-electron chi connectivity index (χ2n) is 8.18. The minimum absolute atomic E-state index is 0.256. The van der Waals surface area contributed by atoms with E-state index >= 15 is 0 Å². The van der Waals surface area contributed by atoms with Crippen molar-refractivity contribution in [1.29, 1.82) is 0 Å². The van der Waals surface area contributed by atoms with Gasteiger partial charge >= 0.3 is 0 Å². The van der Waals surface area contributed by atoms with Gasteiger partial charge in [0.15, 0.2) is 0 Å². The molecule has 0 amide bonds. The molecule has 2 atom stereocenters. The van der Waals surface area contributed by atoms with Crippen molar-refractivity contribution >= 4 is 23.0 Å². The molecule has 1 aliphatic heterocycles. The molecule has 3 aromatic rings. The van der Waals surface area contributed by atoms with Crippen LogP contribution in [0.4, 0.5) is 15.8 Å². The molecule has 3 aromatic carbocycles. The van der Waals surface area contributed by atoms with Crippen molar-refractivity contribution in [1.82, 2.24) is 0 Å². The molecule has 0 radical (unpaired) electrons. The van der Waals surface area contributed by atoms with E-state index in [4.69, 9.17) is 5.73 Å². The van der Waals surface area contributed by atoms with Crippen molar-refractivity contribution in [3.63, 3.8) is 0 Å². The topological polar surface area (TPSA) is 50.1 Å². The van der Waals surface area contributed by atoms with Gasteiger partial charge in [0.05, 0.1) is 0 Å². The van der Waals surface area contributed by atoms with Crippen LogP contribution in [0.15, 0.2) is 72.8 Å². The Hall–Kier alpha value is -3.11. The minimum Gasteiger partial charge on any atom is -0.385 e. The van der Waals surface area contributed by atoms with Gasteiger partial charge in [-0.25, -0.2) is 4.39 Å². The number of nitrogens with one attached hydrogen (secondary N) is 2. The Labute approximate surface area is 184 Å². The molecule has 0 bridgehead atoms. The fourth-order valence-electron chi connectivity index (χ4n) is 4.18. The van der Waals surface area contributed by atoms with Crippen LogP contribution >= 0.6 is 0 Å². The molecule has 31 heavy (non-hydrogen) atoms. The molecule has 0 aromatic heterocycles. The molecular formula is C27H30FN3. The lowest BCUT2D eigenvalue weighted by Gasteiger charge is -2.26. The van der Waals surface area contributed by atoms with E-state index in [9.17, 15) is 4.39 Å². The highest BCUT2D eigenvalue weighted by atomic mass is 19.1. The lowest BCUT2D eigenvalue weighted by Crippen LogP contribution is -2.33. The lowest BCUT2D eigenvalue weighted by atomic mass is 9.94. The predicted octanol–water partition coefficient (Wildman–Crippen LogP) is 6.15. The molecule has 4 heteroatoms. The average molecular weight is 416 g/mol. The van der Waals surface area contributed by atoms with Crippen LogP contribution in [0.2, 0.25) is 0 Å². The van der Waals surface area contributed by atoms with E-state index in [1.807, 2.05) is 12.1 Å². The van der Waals surface area contributed by atoms with Gasteiger partial charge in [-0.1, -0.05) is 67.9 Å². The number of fused-ring (bicyclic) bond motifs is 1. The van der Waals surface area contributed by atoms with Gasteiger partial charge in [-0.3, -0.25) is 0 Å². The molecule has 4 N–H and O–H groups in total. The number of benzene rings is 3. The first kappa shape index (κ1) is 21.1. The summed E-state index contributed by atoms with van der Waals surface area (Å²) in [6, 6.07) is 23.7. The third-order valence-electron chi connectivity index (χ3n) is 6.02. The van der Waals surface area contributed by atoms with Crippen LogP contribution in [0, 0.1) is 11.7 Å². The van der Waals surface area contributed by atoms with Crippen LogP contribution in [0.3, 0.4) is 0 Å². The van der Waals surface area contributed by atoms with E-state index in [0.29, 0.717) is 11.5 Å². The first-order valence-electron chi connectivity index (χ1n) is 11.0. The quantitative estimate of drug-likeness (QED) is 0.414. The fourth-order valence-corrected chi connectivity index (χ4v) is 4.18. The normalized spacial score (nSPS) is 16.1. The summed E-state index contributed by atoms with van der Waals surface area (Å²) in [6.07, 6.45) is 4.93. The molecule has 160 valence electrons. The third kappa shape index (κ3) is 5.15. The van der Waals surface area contributed by atoms with Crippen LogP contribution in [-0.2, 0) is 6.42 Å². The number of rotatable bonds is 8. The van der Waals surface area contributed by atoms with Crippen LogP contribution in [0.1, 0.15) is 36.5 Å². The Bertz CT molecular complexity index is 1050. The first-order chi connectivity index (χ1) is 15.1. The Morgan fingerprint density at radius 3 is 2.58 bits per heavy atom. The van der Waals surface area contributed by atoms with Crippen molar-refractivity contribution in [3.8, 4) is 0 Å². The maximum atomic E-state index is 14.2. The summed E-state index contributed by atoms with van der Waals surface area (Å²) < 4.78 is 14.2. The molecule has 1 heterocycles. The van der Waals surface area contributed by atoms with E-state index < -0.39 is 6.17 Å². The largest absolute Gasteiger partial charge is 0.385 e. The molecule has 0 aliphatic carbocycles. The number of hydrogen-bond acceptors (Lipinski definition) is 3. The van der Waals surface area contributed by atoms with Gasteiger partial charge in [0, 0.05) is 23.5 Å². The van der Waals surface area contributed by atoms with Crippen LogP contribution in [-0.4, -0.2) is 12.7 Å². The van der Waals surface area contributed by atoms with Gasteiger partial charge < -0.3 is 16.4 Å². The zero-order valence-electron chi connectivity index (χ0n) is 17.9. The summed E-state index contributed by atoms with van der Waals surface area (Å²) in [5.41, 5.74) is 12.1. The van der Waals surface area contributed by atoms with E-state index in [-0.39, 0.29) is 5.82 Å². The SMILES string of the molecule is CCC(CCNc1ccc2c(c1)NC(N)C(c1ccccc1F)=C2)Cc1ccccc1. The second kappa shape index (κ2) is 9.80. The third-order valence-corrected chi connectivity index (χ3v) is 6.02. The number of hydrogen-bond donors (Lipinski definition) is 3. The Morgan fingerprint density at radius 1 is 1.03 bits per heavy atom. The molecule has 0 fully saturated rings. The smallest absolute Gasteiger partial charge is 0.130 e. The van der Waals surface area contributed by atoms with Crippen molar-refractivity contribution < 1.29 is 4.39 Å². The Balaban J connectivity index is 1.40. The summed E-state index contributed by atoms with van der Waals surface area (Å²) in [5, 5.41) is 6.87. The van der Waals surface area contributed by atoms with E-state index in [2.05, 4.69) is 66.1 Å². The summed E-state index contributed by atoms with van der Waals surface area (Å²) in [5.74, 6) is 0.402. The molecular weight excluding hydrogens is 385 g/mol. The molecule has 0 saturated heterocycles. The maximum absolute atomic E-state index is 14.2. The molecule has 0 saturated carbocycles. The van der Waals surface area contributed by atoms with Gasteiger partial charge in [-0.05, 0) is 59.7 Å². The average Bonchev–Trinajstić information content (AvgIpc) is 2.79. The monoisotopic (exact) mass is 415 g/mol. The van der Waals surface area contributed by atoms with Crippen molar-refractivity contribution in [2.45, 2.75) is 32.4 Å². The van der Waals surface area contributed by atoms with Gasteiger partial charge in [0.25, 0.3) is 0 Å². The minimum atomic E-state index is -0.449. The van der Waals surface area contributed by atoms with Crippen molar-refractivity contribution in [2.24, 2.45) is 11.7 Å². The van der Waals surface area contributed by atoms with Gasteiger partial charge in [-0.15, -0.1) is 0 Å². The van der Waals surface area contributed by atoms with E-state index in [0.717, 1.165) is 41.9 Å². The highest BCUT2D eigenvalue weighted by Gasteiger charge is 2.21. The molecule has 1 aliphatic rings. The predicted molar refractivity (Wildman–Crippen MR) is 129 cm³/mol. The van der Waals surface area contributed by atoms with Gasteiger partial charge in [-0.2, -0.15) is 0 Å². The summed E-state index contributed by atoms with van der Waals surface area (Å²) >= 11 is 0. The van der Waals surface area contributed by atoms with Crippen LogP contribution in [0.5, 0.6) is 0 Å².